The quantitative estimate of drug-likeness (QED) is 0.839. The van der Waals surface area contributed by atoms with Gasteiger partial charge in [0.2, 0.25) is 5.91 Å². The second kappa shape index (κ2) is 8.83. The molecule has 3 rings (SSSR count). The average molecular weight is 390 g/mol. The smallest absolute Gasteiger partial charge is 0.256 e. The van der Waals surface area contributed by atoms with E-state index in [1.54, 1.807) is 9.80 Å². The molecule has 138 valence electrons. The Hall–Kier alpha value is -1.37. The van der Waals surface area contributed by atoms with Gasteiger partial charge in [0.05, 0.1) is 12.1 Å². The lowest BCUT2D eigenvalue weighted by Crippen LogP contribution is -2.52. The Morgan fingerprint density at radius 2 is 1.80 bits per heavy atom. The third-order valence-electron chi connectivity index (χ3n) is 4.49. The maximum atomic E-state index is 13.9. The van der Waals surface area contributed by atoms with Crippen molar-refractivity contribution in [1.29, 1.82) is 0 Å². The minimum atomic E-state index is -0.615. The number of halogens is 3. The highest BCUT2D eigenvalue weighted by Crippen LogP contribution is 2.27. The third kappa shape index (κ3) is 5.30. The van der Waals surface area contributed by atoms with Crippen molar-refractivity contribution in [2.75, 3.05) is 39.3 Å². The van der Waals surface area contributed by atoms with E-state index in [4.69, 9.17) is 11.6 Å². The molecule has 0 unspecified atom stereocenters. The molecule has 2 amide bonds. The van der Waals surface area contributed by atoms with Crippen molar-refractivity contribution in [3.63, 3.8) is 0 Å². The van der Waals surface area contributed by atoms with Gasteiger partial charge in [0.25, 0.3) is 5.91 Å². The van der Waals surface area contributed by atoms with Crippen LogP contribution in [0.2, 0.25) is 5.02 Å². The van der Waals surface area contributed by atoms with Crippen LogP contribution in [0.4, 0.5) is 4.39 Å². The maximum Gasteiger partial charge on any atom is 0.256 e. The van der Waals surface area contributed by atoms with Gasteiger partial charge in [0, 0.05) is 31.2 Å². The second-order valence-corrected chi connectivity index (χ2v) is 6.81. The van der Waals surface area contributed by atoms with E-state index < -0.39 is 5.82 Å². The zero-order valence-corrected chi connectivity index (χ0v) is 15.4. The molecule has 1 saturated heterocycles. The Morgan fingerprint density at radius 1 is 1.16 bits per heavy atom. The van der Waals surface area contributed by atoms with Crippen molar-refractivity contribution in [2.24, 2.45) is 5.92 Å². The Balaban J connectivity index is 0.00000225. The van der Waals surface area contributed by atoms with Crippen molar-refractivity contribution in [2.45, 2.75) is 12.8 Å². The lowest BCUT2D eigenvalue weighted by atomic mass is 10.1. The van der Waals surface area contributed by atoms with E-state index >= 15 is 0 Å². The third-order valence-corrected chi connectivity index (χ3v) is 4.72. The van der Waals surface area contributed by atoms with Crippen LogP contribution in [-0.2, 0) is 4.79 Å². The Morgan fingerprint density at radius 3 is 2.40 bits per heavy atom. The van der Waals surface area contributed by atoms with Gasteiger partial charge in [-0.15, -0.1) is 12.4 Å². The van der Waals surface area contributed by atoms with E-state index in [0.29, 0.717) is 32.7 Å². The molecule has 8 heteroatoms. The highest BCUT2D eigenvalue weighted by molar-refractivity contribution is 6.30. The fourth-order valence-electron chi connectivity index (χ4n) is 2.81. The van der Waals surface area contributed by atoms with Gasteiger partial charge in [-0.05, 0) is 43.5 Å². The van der Waals surface area contributed by atoms with Crippen LogP contribution < -0.4 is 5.32 Å². The molecule has 1 aromatic rings. The lowest BCUT2D eigenvalue weighted by Gasteiger charge is -2.35. The summed E-state index contributed by atoms with van der Waals surface area (Å²) in [5.41, 5.74) is 0.0188. The first-order chi connectivity index (χ1) is 11.5. The normalized spacial score (nSPS) is 17.2. The van der Waals surface area contributed by atoms with Gasteiger partial charge < -0.3 is 15.1 Å². The van der Waals surface area contributed by atoms with Gasteiger partial charge in [-0.25, -0.2) is 4.39 Å². The number of carbonyl (C=O) groups is 2. The molecule has 1 aromatic carbocycles. The number of nitrogens with one attached hydrogen (secondary N) is 1. The highest BCUT2D eigenvalue weighted by atomic mass is 35.5. The molecule has 0 bridgehead atoms. The molecule has 2 fully saturated rings. The maximum absolute atomic E-state index is 13.9. The van der Waals surface area contributed by atoms with Crippen molar-refractivity contribution in [3.8, 4) is 0 Å². The van der Waals surface area contributed by atoms with Crippen molar-refractivity contribution in [3.05, 3.63) is 34.6 Å². The molecule has 1 aliphatic carbocycles. The van der Waals surface area contributed by atoms with Crippen LogP contribution in [0.3, 0.4) is 0 Å². The van der Waals surface area contributed by atoms with Gasteiger partial charge in [-0.2, -0.15) is 0 Å². The Kier molecular flexibility index (Phi) is 7.04. The summed E-state index contributed by atoms with van der Waals surface area (Å²) in [6.45, 7) is 3.02. The van der Waals surface area contributed by atoms with Gasteiger partial charge in [-0.1, -0.05) is 11.6 Å². The van der Waals surface area contributed by atoms with Crippen LogP contribution in [0.25, 0.3) is 0 Å². The SMILES string of the molecule is Cl.O=C(CNCC1CC1)N1CCN(C(=O)c2ccc(Cl)cc2F)CC1. The van der Waals surface area contributed by atoms with Crippen LogP contribution in [0.1, 0.15) is 23.2 Å². The van der Waals surface area contributed by atoms with Crippen molar-refractivity contribution < 1.29 is 14.0 Å². The first-order valence-electron chi connectivity index (χ1n) is 8.27. The van der Waals surface area contributed by atoms with Crippen LogP contribution in [0.5, 0.6) is 0 Å². The summed E-state index contributed by atoms with van der Waals surface area (Å²) in [7, 11) is 0. The Labute approximate surface area is 157 Å². The molecular weight excluding hydrogens is 368 g/mol. The number of nitrogens with zero attached hydrogens (tertiary/aromatic N) is 2. The molecule has 5 nitrogen and oxygen atoms in total. The van der Waals surface area contributed by atoms with E-state index in [1.807, 2.05) is 0 Å². The number of hydrogen-bond acceptors (Lipinski definition) is 3. The number of rotatable bonds is 5. The number of hydrogen-bond donors (Lipinski definition) is 1. The van der Waals surface area contributed by atoms with E-state index in [0.717, 1.165) is 18.5 Å². The molecule has 2 aliphatic rings. The second-order valence-electron chi connectivity index (χ2n) is 6.37. The summed E-state index contributed by atoms with van der Waals surface area (Å²) < 4.78 is 13.9. The monoisotopic (exact) mass is 389 g/mol. The number of carbonyl (C=O) groups excluding carboxylic acids is 2. The molecule has 0 spiro atoms. The van der Waals surface area contributed by atoms with E-state index in [9.17, 15) is 14.0 Å². The minimum absolute atomic E-state index is 0. The highest BCUT2D eigenvalue weighted by Gasteiger charge is 2.26. The summed E-state index contributed by atoms with van der Waals surface area (Å²) in [5.74, 6) is -0.180. The van der Waals surface area contributed by atoms with Gasteiger partial charge >= 0.3 is 0 Å². The summed E-state index contributed by atoms with van der Waals surface area (Å²) >= 11 is 5.71. The topological polar surface area (TPSA) is 52.7 Å². The predicted molar refractivity (Wildman–Crippen MR) is 96.7 cm³/mol. The summed E-state index contributed by atoms with van der Waals surface area (Å²) in [6.07, 6.45) is 2.51. The molecule has 0 radical (unpaired) electrons. The number of amides is 2. The average Bonchev–Trinajstić information content (AvgIpc) is 3.39. The number of benzene rings is 1. The standard InChI is InChI=1S/C17H21ClFN3O2.ClH/c18-13-3-4-14(15(19)9-13)17(24)22-7-5-21(6-8-22)16(23)11-20-10-12-1-2-12;/h3-4,9,12,20H,1-2,5-8,10-11H2;1H. The van der Waals surface area contributed by atoms with Gasteiger partial charge in [-0.3, -0.25) is 9.59 Å². The molecule has 25 heavy (non-hydrogen) atoms. The van der Waals surface area contributed by atoms with Crippen LogP contribution in [0.15, 0.2) is 18.2 Å². The van der Waals surface area contributed by atoms with Gasteiger partial charge in [0.1, 0.15) is 5.82 Å². The fourth-order valence-corrected chi connectivity index (χ4v) is 2.97. The Bertz CT molecular complexity index is 632. The van der Waals surface area contributed by atoms with Crippen molar-refractivity contribution >= 4 is 35.8 Å². The zero-order chi connectivity index (χ0) is 17.1. The van der Waals surface area contributed by atoms with Crippen molar-refractivity contribution in [1.82, 2.24) is 15.1 Å². The van der Waals surface area contributed by atoms with E-state index in [2.05, 4.69) is 5.32 Å². The number of piperazine rings is 1. The minimum Gasteiger partial charge on any atom is -0.338 e. The molecule has 1 N–H and O–H groups in total. The van der Waals surface area contributed by atoms with Crippen LogP contribution in [-0.4, -0.2) is 60.9 Å². The predicted octanol–water partition coefficient (Wildman–Crippen LogP) is 2.18. The van der Waals surface area contributed by atoms with Crippen LogP contribution >= 0.6 is 24.0 Å². The molecule has 0 atom stereocenters. The largest absolute Gasteiger partial charge is 0.338 e. The molecule has 1 heterocycles. The lowest BCUT2D eigenvalue weighted by molar-refractivity contribution is -0.131. The first kappa shape index (κ1) is 19.9. The molecule has 0 aromatic heterocycles. The van der Waals surface area contributed by atoms with E-state index in [1.165, 1.54) is 25.0 Å². The van der Waals surface area contributed by atoms with Gasteiger partial charge in [0.15, 0.2) is 0 Å². The zero-order valence-electron chi connectivity index (χ0n) is 13.8. The summed E-state index contributed by atoms with van der Waals surface area (Å²) in [6, 6.07) is 4.04. The molecule has 1 aliphatic heterocycles. The summed E-state index contributed by atoms with van der Waals surface area (Å²) in [4.78, 5) is 27.8. The fraction of sp³-hybridized carbons (Fsp3) is 0.529. The molecular formula is C17H22Cl2FN3O2. The summed E-state index contributed by atoms with van der Waals surface area (Å²) in [5, 5.41) is 3.45. The van der Waals surface area contributed by atoms with Crippen LogP contribution in [0, 0.1) is 11.7 Å². The first-order valence-corrected chi connectivity index (χ1v) is 8.65. The molecule has 1 saturated carbocycles. The van der Waals surface area contributed by atoms with E-state index in [-0.39, 0.29) is 34.8 Å².